The summed E-state index contributed by atoms with van der Waals surface area (Å²) in [6.45, 7) is 17.9. The topological polar surface area (TPSA) is 79.3 Å². The molecule has 2 heterocycles. The SMILES string of the molecule is CCCCn1c(=O)c(NC(=O)Nc2c(C(C)C)cccc2C(C)C)c(-c2ccc(C#CCN(CC)CC)cc2)c2cccnc21. The average Bonchev–Trinajstić information content (AvgIpc) is 3.03. The number of unbranched alkanes of at least 4 members (excludes halogenated alkanes) is 1. The predicted molar refractivity (Wildman–Crippen MR) is 188 cm³/mol. The van der Waals surface area contributed by atoms with E-state index >= 15 is 0 Å². The molecule has 0 aliphatic rings. The number of aryl methyl sites for hydroxylation is 1. The lowest BCUT2D eigenvalue weighted by Gasteiger charge is -2.21. The van der Waals surface area contributed by atoms with Crippen LogP contribution >= 0.6 is 0 Å². The molecule has 0 fully saturated rings. The first-order valence-electron chi connectivity index (χ1n) is 16.2. The molecule has 0 aliphatic heterocycles. The van der Waals surface area contributed by atoms with Crippen molar-refractivity contribution in [2.75, 3.05) is 30.3 Å². The molecule has 4 aromatic rings. The van der Waals surface area contributed by atoms with Crippen LogP contribution in [0.5, 0.6) is 0 Å². The summed E-state index contributed by atoms with van der Waals surface area (Å²) in [5.74, 6) is 6.94. The fourth-order valence-electron chi connectivity index (χ4n) is 5.59. The zero-order valence-corrected chi connectivity index (χ0v) is 27.8. The molecule has 0 bridgehead atoms. The number of nitrogens with zero attached hydrogens (tertiary/aromatic N) is 3. The lowest BCUT2D eigenvalue weighted by atomic mass is 9.93. The highest BCUT2D eigenvalue weighted by Crippen LogP contribution is 2.35. The second-order valence-electron chi connectivity index (χ2n) is 12.0. The van der Waals surface area contributed by atoms with Crippen LogP contribution in [0.4, 0.5) is 16.2 Å². The van der Waals surface area contributed by atoms with Crippen molar-refractivity contribution in [1.29, 1.82) is 0 Å². The number of hydrogen-bond donors (Lipinski definition) is 2. The number of carbonyl (C=O) groups is 1. The minimum Gasteiger partial charge on any atom is -0.307 e. The summed E-state index contributed by atoms with van der Waals surface area (Å²) < 4.78 is 1.69. The van der Waals surface area contributed by atoms with Crippen molar-refractivity contribution in [2.45, 2.75) is 79.7 Å². The summed E-state index contributed by atoms with van der Waals surface area (Å²) >= 11 is 0. The number of aromatic nitrogens is 2. The van der Waals surface area contributed by atoms with Gasteiger partial charge in [0, 0.05) is 34.9 Å². The van der Waals surface area contributed by atoms with Crippen LogP contribution in [0.2, 0.25) is 0 Å². The second-order valence-corrected chi connectivity index (χ2v) is 12.0. The molecule has 2 aromatic carbocycles. The molecule has 0 aliphatic carbocycles. The summed E-state index contributed by atoms with van der Waals surface area (Å²) in [4.78, 5) is 34.9. The third kappa shape index (κ3) is 7.82. The maximum absolute atomic E-state index is 14.2. The zero-order valence-electron chi connectivity index (χ0n) is 27.8. The number of anilines is 2. The lowest BCUT2D eigenvalue weighted by molar-refractivity contribution is 0.262. The highest BCUT2D eigenvalue weighted by Gasteiger charge is 2.22. The van der Waals surface area contributed by atoms with Crippen LogP contribution in [-0.2, 0) is 6.54 Å². The number of nitrogens with one attached hydrogen (secondary N) is 2. The van der Waals surface area contributed by atoms with Gasteiger partial charge in [-0.25, -0.2) is 9.78 Å². The Hall–Kier alpha value is -4.41. The maximum Gasteiger partial charge on any atom is 0.323 e. The second kappa shape index (κ2) is 15.5. The molecule has 0 saturated carbocycles. The molecule has 7 nitrogen and oxygen atoms in total. The molecule has 2 amide bonds. The number of benzene rings is 2. The summed E-state index contributed by atoms with van der Waals surface area (Å²) in [6.07, 6.45) is 3.45. The standard InChI is InChI=1S/C38H47N5O2/c1-8-11-25-43-36-32(18-13-23-39-36)33(29-21-19-28(20-22-29)15-14-24-42(9-2)10-3)35(37(43)44)41-38(45)40-34-30(26(4)5)16-12-17-31(34)27(6)7/h12-13,16-23,26-27H,8-11,24-25H2,1-7H3,(H2,40,41,45). The first-order chi connectivity index (χ1) is 21.7. The van der Waals surface area contributed by atoms with Gasteiger partial charge < -0.3 is 10.6 Å². The number of pyridine rings is 2. The van der Waals surface area contributed by atoms with E-state index in [-0.39, 0.29) is 23.1 Å². The van der Waals surface area contributed by atoms with Gasteiger partial charge in [-0.05, 0) is 72.3 Å². The number of amides is 2. The molecule has 236 valence electrons. The molecule has 4 rings (SSSR count). The van der Waals surface area contributed by atoms with Gasteiger partial charge in [0.1, 0.15) is 11.3 Å². The molecule has 0 saturated heterocycles. The monoisotopic (exact) mass is 605 g/mol. The van der Waals surface area contributed by atoms with Gasteiger partial charge in [0.05, 0.1) is 6.54 Å². The number of fused-ring (bicyclic) bond motifs is 1. The van der Waals surface area contributed by atoms with Crippen LogP contribution in [0.15, 0.2) is 65.6 Å². The van der Waals surface area contributed by atoms with E-state index in [0.717, 1.165) is 59.3 Å². The van der Waals surface area contributed by atoms with E-state index in [4.69, 9.17) is 0 Å². The van der Waals surface area contributed by atoms with Crippen LogP contribution in [0.1, 0.15) is 89.8 Å². The van der Waals surface area contributed by atoms with E-state index in [2.05, 4.69) is 80.8 Å². The minimum atomic E-state index is -0.451. The molecular weight excluding hydrogens is 558 g/mol. The Bertz CT molecular complexity index is 1710. The highest BCUT2D eigenvalue weighted by atomic mass is 16.2. The molecule has 0 spiro atoms. The van der Waals surface area contributed by atoms with Gasteiger partial charge in [-0.3, -0.25) is 14.3 Å². The first-order valence-corrected chi connectivity index (χ1v) is 16.2. The quantitative estimate of drug-likeness (QED) is 0.168. The molecule has 0 radical (unpaired) electrons. The molecule has 45 heavy (non-hydrogen) atoms. The molecule has 2 aromatic heterocycles. The minimum absolute atomic E-state index is 0.209. The number of urea groups is 1. The van der Waals surface area contributed by atoms with Crippen molar-refractivity contribution in [3.05, 3.63) is 87.8 Å². The van der Waals surface area contributed by atoms with Gasteiger partial charge in [0.15, 0.2) is 0 Å². The van der Waals surface area contributed by atoms with Crippen LogP contribution in [-0.4, -0.2) is 40.1 Å². The van der Waals surface area contributed by atoms with E-state index in [9.17, 15) is 9.59 Å². The van der Waals surface area contributed by atoms with E-state index < -0.39 is 6.03 Å². The van der Waals surface area contributed by atoms with Gasteiger partial charge in [0.2, 0.25) is 0 Å². The van der Waals surface area contributed by atoms with E-state index in [1.165, 1.54) is 0 Å². The van der Waals surface area contributed by atoms with Crippen molar-refractivity contribution >= 4 is 28.4 Å². The summed E-state index contributed by atoms with van der Waals surface area (Å²) in [5, 5.41) is 6.92. The van der Waals surface area contributed by atoms with E-state index in [1.54, 1.807) is 10.8 Å². The third-order valence-electron chi connectivity index (χ3n) is 8.21. The van der Waals surface area contributed by atoms with Crippen LogP contribution < -0.4 is 16.2 Å². The largest absolute Gasteiger partial charge is 0.323 e. The maximum atomic E-state index is 14.2. The zero-order chi connectivity index (χ0) is 32.5. The van der Waals surface area contributed by atoms with Gasteiger partial charge in [0.25, 0.3) is 5.56 Å². The molecule has 2 N–H and O–H groups in total. The van der Waals surface area contributed by atoms with Gasteiger partial charge in [-0.1, -0.05) is 97.1 Å². The number of carbonyl (C=O) groups excluding carboxylic acids is 1. The van der Waals surface area contributed by atoms with Gasteiger partial charge >= 0.3 is 6.03 Å². The average molecular weight is 606 g/mol. The Morgan fingerprint density at radius 1 is 0.889 bits per heavy atom. The smallest absolute Gasteiger partial charge is 0.307 e. The van der Waals surface area contributed by atoms with Gasteiger partial charge in [-0.15, -0.1) is 0 Å². The van der Waals surface area contributed by atoms with Gasteiger partial charge in [-0.2, -0.15) is 0 Å². The first kappa shape index (κ1) is 33.5. The van der Waals surface area contributed by atoms with Crippen molar-refractivity contribution in [1.82, 2.24) is 14.5 Å². The van der Waals surface area contributed by atoms with Crippen LogP contribution in [0, 0.1) is 11.8 Å². The number of rotatable bonds is 11. The Morgan fingerprint density at radius 3 is 2.13 bits per heavy atom. The predicted octanol–water partition coefficient (Wildman–Crippen LogP) is 8.45. The number of hydrogen-bond acceptors (Lipinski definition) is 4. The fraction of sp³-hybridized carbons (Fsp3) is 0.395. The normalized spacial score (nSPS) is 11.2. The molecular formula is C38H47N5O2. The van der Waals surface area contributed by atoms with Crippen molar-refractivity contribution in [3.8, 4) is 23.0 Å². The summed E-state index contributed by atoms with van der Waals surface area (Å²) in [6, 6.07) is 17.4. The Morgan fingerprint density at radius 2 is 1.53 bits per heavy atom. The Balaban J connectivity index is 1.82. The fourth-order valence-corrected chi connectivity index (χ4v) is 5.59. The van der Waals surface area contributed by atoms with Crippen molar-refractivity contribution in [2.24, 2.45) is 0 Å². The summed E-state index contributed by atoms with van der Waals surface area (Å²) in [5.41, 5.74) is 5.81. The third-order valence-corrected chi connectivity index (χ3v) is 8.21. The molecule has 0 atom stereocenters. The van der Waals surface area contributed by atoms with Crippen molar-refractivity contribution in [3.63, 3.8) is 0 Å². The van der Waals surface area contributed by atoms with Crippen LogP contribution in [0.25, 0.3) is 22.2 Å². The number of para-hydroxylation sites is 1. The highest BCUT2D eigenvalue weighted by molar-refractivity contribution is 6.07. The van der Waals surface area contributed by atoms with E-state index in [0.29, 0.717) is 24.3 Å². The Kier molecular flexibility index (Phi) is 11.6. The molecule has 7 heteroatoms. The lowest BCUT2D eigenvalue weighted by Crippen LogP contribution is -2.30. The Labute approximate surface area is 268 Å². The molecule has 0 unspecified atom stereocenters. The van der Waals surface area contributed by atoms with Crippen LogP contribution in [0.3, 0.4) is 0 Å². The van der Waals surface area contributed by atoms with E-state index in [1.807, 2.05) is 54.6 Å². The summed E-state index contributed by atoms with van der Waals surface area (Å²) in [7, 11) is 0. The van der Waals surface area contributed by atoms with Crippen molar-refractivity contribution < 1.29 is 4.79 Å².